The smallest absolute Gasteiger partial charge is 0.182 e. The lowest BCUT2D eigenvalue weighted by Crippen LogP contribution is -2.00. The van der Waals surface area contributed by atoms with E-state index >= 15 is 0 Å². The fourth-order valence-electron chi connectivity index (χ4n) is 2.35. The van der Waals surface area contributed by atoms with Gasteiger partial charge in [0.15, 0.2) is 4.77 Å². The maximum Gasteiger partial charge on any atom is 0.182 e. The summed E-state index contributed by atoms with van der Waals surface area (Å²) in [5.74, 6) is -0.474. The van der Waals surface area contributed by atoms with Crippen molar-refractivity contribution in [3.8, 4) is 5.69 Å². The van der Waals surface area contributed by atoms with E-state index in [-0.39, 0.29) is 5.02 Å². The van der Waals surface area contributed by atoms with Gasteiger partial charge in [-0.25, -0.2) is 4.39 Å². The molecular weight excluding hydrogens is 311 g/mol. The molecule has 0 unspecified atom stereocenters. The lowest BCUT2D eigenvalue weighted by Gasteiger charge is -2.11. The summed E-state index contributed by atoms with van der Waals surface area (Å²) < 4.78 is 21.1. The van der Waals surface area contributed by atoms with Gasteiger partial charge in [0, 0.05) is 18.7 Å². The molecule has 6 heteroatoms. The molecule has 0 bridgehead atoms. The van der Waals surface area contributed by atoms with Gasteiger partial charge in [0.25, 0.3) is 0 Å². The number of halogens is 2. The Hall–Kier alpha value is -1.69. The Morgan fingerprint density at radius 2 is 2.10 bits per heavy atom. The first-order valence-corrected chi connectivity index (χ1v) is 7.07. The Labute approximate surface area is 130 Å². The van der Waals surface area contributed by atoms with Crippen LogP contribution in [-0.4, -0.2) is 16.7 Å². The van der Waals surface area contributed by atoms with E-state index in [1.165, 1.54) is 6.07 Å². The van der Waals surface area contributed by atoms with Crippen molar-refractivity contribution in [3.05, 3.63) is 57.6 Å². The van der Waals surface area contributed by atoms with Crippen molar-refractivity contribution in [1.82, 2.24) is 9.55 Å². The second-order valence-corrected chi connectivity index (χ2v) is 5.40. The molecule has 1 aromatic heterocycles. The average Bonchev–Trinajstić information content (AvgIpc) is 2.76. The van der Waals surface area contributed by atoms with Crippen molar-refractivity contribution in [2.24, 2.45) is 0 Å². The molecule has 3 aromatic rings. The molecular formula is C15H12ClFN2OS. The van der Waals surface area contributed by atoms with Crippen molar-refractivity contribution >= 4 is 34.9 Å². The minimum Gasteiger partial charge on any atom is -0.380 e. The van der Waals surface area contributed by atoms with E-state index < -0.39 is 5.82 Å². The van der Waals surface area contributed by atoms with Gasteiger partial charge in [0.1, 0.15) is 5.82 Å². The van der Waals surface area contributed by atoms with Crippen LogP contribution >= 0.6 is 23.8 Å². The molecule has 0 fully saturated rings. The number of benzene rings is 2. The maximum absolute atomic E-state index is 13.6. The topological polar surface area (TPSA) is 29.9 Å². The normalized spacial score (nSPS) is 11.2. The highest BCUT2D eigenvalue weighted by Gasteiger charge is 2.12. The van der Waals surface area contributed by atoms with Crippen LogP contribution in [-0.2, 0) is 11.3 Å². The molecule has 0 spiro atoms. The summed E-state index contributed by atoms with van der Waals surface area (Å²) in [6.45, 7) is 0.458. The molecule has 0 aliphatic carbocycles. The molecule has 0 aliphatic rings. The number of aromatic amines is 1. The number of aromatic nitrogens is 2. The Balaban J connectivity index is 2.33. The van der Waals surface area contributed by atoms with Gasteiger partial charge in [0.2, 0.25) is 0 Å². The average molecular weight is 323 g/mol. The number of methoxy groups -OCH3 is 1. The molecule has 0 saturated carbocycles. The summed E-state index contributed by atoms with van der Waals surface area (Å²) in [7, 11) is 1.64. The third-order valence-corrected chi connectivity index (χ3v) is 3.83. The standard InChI is InChI=1S/C15H12ClFN2OS/c1-20-8-9-4-2-3-5-13(9)19-14-6-10(16)11(17)7-12(14)18-15(19)21/h2-7H,8H2,1H3,(H,18,21). The third-order valence-electron chi connectivity index (χ3n) is 3.26. The van der Waals surface area contributed by atoms with E-state index in [1.807, 2.05) is 28.8 Å². The van der Waals surface area contributed by atoms with Crippen molar-refractivity contribution in [1.29, 1.82) is 0 Å². The molecule has 3 nitrogen and oxygen atoms in total. The lowest BCUT2D eigenvalue weighted by molar-refractivity contribution is 0.185. The second-order valence-electron chi connectivity index (χ2n) is 4.61. The number of H-pyrrole nitrogens is 1. The second kappa shape index (κ2) is 5.60. The Kier molecular flexibility index (Phi) is 3.80. The van der Waals surface area contributed by atoms with Gasteiger partial charge in [-0.3, -0.25) is 4.57 Å². The summed E-state index contributed by atoms with van der Waals surface area (Å²) in [5.41, 5.74) is 3.21. The van der Waals surface area contributed by atoms with Crippen LogP contribution in [0, 0.1) is 10.6 Å². The number of ether oxygens (including phenoxy) is 1. The van der Waals surface area contributed by atoms with Crippen molar-refractivity contribution < 1.29 is 9.13 Å². The monoisotopic (exact) mass is 322 g/mol. The van der Waals surface area contributed by atoms with Crippen LogP contribution in [0.3, 0.4) is 0 Å². The number of rotatable bonds is 3. The summed E-state index contributed by atoms with van der Waals surface area (Å²) in [6, 6.07) is 10.7. The minimum atomic E-state index is -0.474. The SMILES string of the molecule is COCc1ccccc1-n1c(=S)[nH]c2cc(F)c(Cl)cc21. The van der Waals surface area contributed by atoms with Gasteiger partial charge in [-0.1, -0.05) is 29.8 Å². The number of hydrogen-bond donors (Lipinski definition) is 1. The van der Waals surface area contributed by atoms with Crippen LogP contribution in [0.2, 0.25) is 5.02 Å². The number of imidazole rings is 1. The molecule has 1 N–H and O–H groups in total. The van der Waals surface area contributed by atoms with Gasteiger partial charge < -0.3 is 9.72 Å². The van der Waals surface area contributed by atoms with Gasteiger partial charge >= 0.3 is 0 Å². The van der Waals surface area contributed by atoms with Gasteiger partial charge in [-0.2, -0.15) is 0 Å². The molecule has 21 heavy (non-hydrogen) atoms. The minimum absolute atomic E-state index is 0.0643. The maximum atomic E-state index is 13.6. The Morgan fingerprint density at radius 3 is 2.86 bits per heavy atom. The molecule has 0 atom stereocenters. The molecule has 0 amide bonds. The first-order valence-electron chi connectivity index (χ1n) is 6.29. The predicted molar refractivity (Wildman–Crippen MR) is 84.1 cm³/mol. The van der Waals surface area contributed by atoms with E-state index in [2.05, 4.69) is 4.98 Å². The summed E-state index contributed by atoms with van der Waals surface area (Å²) in [6.07, 6.45) is 0. The predicted octanol–water partition coefficient (Wildman–Crippen LogP) is 4.63. The Bertz CT molecular complexity index is 872. The van der Waals surface area contributed by atoms with Crippen molar-refractivity contribution in [3.63, 3.8) is 0 Å². The largest absolute Gasteiger partial charge is 0.380 e. The molecule has 0 radical (unpaired) electrons. The zero-order valence-electron chi connectivity index (χ0n) is 11.2. The lowest BCUT2D eigenvalue weighted by atomic mass is 10.2. The fourth-order valence-corrected chi connectivity index (χ4v) is 2.81. The molecule has 1 heterocycles. The quantitative estimate of drug-likeness (QED) is 0.713. The highest BCUT2D eigenvalue weighted by molar-refractivity contribution is 7.71. The summed E-state index contributed by atoms with van der Waals surface area (Å²) >= 11 is 11.3. The van der Waals surface area contributed by atoms with Crippen LogP contribution in [0.1, 0.15) is 5.56 Å². The van der Waals surface area contributed by atoms with Crippen LogP contribution in [0.25, 0.3) is 16.7 Å². The zero-order valence-corrected chi connectivity index (χ0v) is 12.8. The number of nitrogens with one attached hydrogen (secondary N) is 1. The molecule has 2 aromatic carbocycles. The van der Waals surface area contributed by atoms with E-state index in [9.17, 15) is 4.39 Å². The zero-order chi connectivity index (χ0) is 15.0. The number of nitrogens with zero attached hydrogens (tertiary/aromatic N) is 1. The van der Waals surface area contributed by atoms with Crippen molar-refractivity contribution in [2.45, 2.75) is 6.61 Å². The summed E-state index contributed by atoms with van der Waals surface area (Å²) in [5, 5.41) is 0.0643. The van der Waals surface area contributed by atoms with Crippen LogP contribution in [0.4, 0.5) is 4.39 Å². The van der Waals surface area contributed by atoms with E-state index in [0.717, 1.165) is 16.8 Å². The van der Waals surface area contributed by atoms with Gasteiger partial charge in [0.05, 0.1) is 28.4 Å². The molecule has 0 saturated heterocycles. The fraction of sp³-hybridized carbons (Fsp3) is 0.133. The molecule has 108 valence electrons. The van der Waals surface area contributed by atoms with E-state index in [4.69, 9.17) is 28.6 Å². The highest BCUT2D eigenvalue weighted by Crippen LogP contribution is 2.27. The van der Waals surface area contributed by atoms with Crippen LogP contribution in [0.5, 0.6) is 0 Å². The Morgan fingerprint density at radius 1 is 1.33 bits per heavy atom. The van der Waals surface area contributed by atoms with Gasteiger partial charge in [-0.05, 0) is 24.4 Å². The van der Waals surface area contributed by atoms with Crippen molar-refractivity contribution in [2.75, 3.05) is 7.11 Å². The van der Waals surface area contributed by atoms with Crippen LogP contribution in [0.15, 0.2) is 36.4 Å². The summed E-state index contributed by atoms with van der Waals surface area (Å²) in [4.78, 5) is 3.00. The van der Waals surface area contributed by atoms with E-state index in [1.54, 1.807) is 13.2 Å². The first kappa shape index (κ1) is 14.3. The third kappa shape index (κ3) is 2.48. The molecule has 3 rings (SSSR count). The van der Waals surface area contributed by atoms with E-state index in [0.29, 0.717) is 16.9 Å². The van der Waals surface area contributed by atoms with Gasteiger partial charge in [-0.15, -0.1) is 0 Å². The number of hydrogen-bond acceptors (Lipinski definition) is 2. The molecule has 0 aliphatic heterocycles. The van der Waals surface area contributed by atoms with Crippen LogP contribution < -0.4 is 0 Å². The number of para-hydroxylation sites is 1. The first-order chi connectivity index (χ1) is 10.1. The number of fused-ring (bicyclic) bond motifs is 1. The highest BCUT2D eigenvalue weighted by atomic mass is 35.5.